The number of aromatic nitrogens is 3. The van der Waals surface area contributed by atoms with Gasteiger partial charge in [-0.3, -0.25) is 10.8 Å². The predicted octanol–water partition coefficient (Wildman–Crippen LogP) is 1.16. The molecule has 2 rings (SSSR count). The van der Waals surface area contributed by atoms with Gasteiger partial charge in [0.2, 0.25) is 0 Å². The van der Waals surface area contributed by atoms with E-state index in [9.17, 15) is 0 Å². The van der Waals surface area contributed by atoms with Crippen LogP contribution >= 0.6 is 0 Å². The molecule has 90 valence electrons. The van der Waals surface area contributed by atoms with Gasteiger partial charge in [-0.05, 0) is 25.0 Å². The lowest BCUT2D eigenvalue weighted by atomic mass is 10.1. The fourth-order valence-corrected chi connectivity index (χ4v) is 1.90. The number of pyridine rings is 1. The summed E-state index contributed by atoms with van der Waals surface area (Å²) in [6, 6.07) is 1.93. The van der Waals surface area contributed by atoms with Crippen molar-refractivity contribution >= 4 is 0 Å². The molecule has 2 aromatic heterocycles. The van der Waals surface area contributed by atoms with E-state index in [1.54, 1.807) is 6.20 Å². The van der Waals surface area contributed by atoms with Crippen LogP contribution in [0.15, 0.2) is 30.9 Å². The highest BCUT2D eigenvalue weighted by Crippen LogP contribution is 2.19. The van der Waals surface area contributed by atoms with Crippen molar-refractivity contribution in [3.63, 3.8) is 0 Å². The van der Waals surface area contributed by atoms with Crippen LogP contribution in [-0.2, 0) is 6.54 Å². The van der Waals surface area contributed by atoms with Crippen LogP contribution in [0.4, 0.5) is 0 Å². The highest BCUT2D eigenvalue weighted by Gasteiger charge is 2.17. The van der Waals surface area contributed by atoms with Crippen molar-refractivity contribution < 1.29 is 0 Å². The zero-order valence-corrected chi connectivity index (χ0v) is 10.1. The van der Waals surface area contributed by atoms with E-state index in [-0.39, 0.29) is 6.04 Å². The van der Waals surface area contributed by atoms with Gasteiger partial charge in [0.05, 0.1) is 0 Å². The molecule has 2 aromatic rings. The van der Waals surface area contributed by atoms with Gasteiger partial charge in [-0.15, -0.1) is 0 Å². The summed E-state index contributed by atoms with van der Waals surface area (Å²) >= 11 is 0. The number of nitrogens with one attached hydrogen (secondary N) is 1. The Morgan fingerprint density at radius 2 is 2.29 bits per heavy atom. The average molecular weight is 231 g/mol. The summed E-state index contributed by atoms with van der Waals surface area (Å²) in [4.78, 5) is 8.54. The fourth-order valence-electron chi connectivity index (χ4n) is 1.90. The molecule has 3 N–H and O–H groups in total. The van der Waals surface area contributed by atoms with E-state index in [1.807, 2.05) is 25.5 Å². The van der Waals surface area contributed by atoms with E-state index in [2.05, 4.69) is 33.0 Å². The minimum absolute atomic E-state index is 0.127. The monoisotopic (exact) mass is 231 g/mol. The largest absolute Gasteiger partial charge is 0.334 e. The molecule has 0 saturated heterocycles. The molecule has 0 aliphatic carbocycles. The highest BCUT2D eigenvalue weighted by molar-refractivity contribution is 5.25. The van der Waals surface area contributed by atoms with Crippen LogP contribution in [0, 0.1) is 6.92 Å². The zero-order chi connectivity index (χ0) is 12.3. The number of hydrogen-bond donors (Lipinski definition) is 2. The summed E-state index contributed by atoms with van der Waals surface area (Å²) < 4.78 is 2.06. The molecule has 0 amide bonds. The quantitative estimate of drug-likeness (QED) is 0.612. The third kappa shape index (κ3) is 2.35. The minimum atomic E-state index is -0.127. The Morgan fingerprint density at radius 1 is 1.47 bits per heavy atom. The predicted molar refractivity (Wildman–Crippen MR) is 66.0 cm³/mol. The molecular formula is C12H17N5. The van der Waals surface area contributed by atoms with Gasteiger partial charge in [-0.2, -0.15) is 0 Å². The van der Waals surface area contributed by atoms with Crippen molar-refractivity contribution in [2.24, 2.45) is 5.84 Å². The van der Waals surface area contributed by atoms with Crippen molar-refractivity contribution in [2.45, 2.75) is 26.4 Å². The molecule has 17 heavy (non-hydrogen) atoms. The number of aryl methyl sites for hydroxylation is 2. The molecule has 0 fully saturated rings. The highest BCUT2D eigenvalue weighted by atomic mass is 15.3. The van der Waals surface area contributed by atoms with Crippen LogP contribution in [0.25, 0.3) is 0 Å². The molecule has 0 bridgehead atoms. The molecule has 2 heterocycles. The van der Waals surface area contributed by atoms with E-state index >= 15 is 0 Å². The normalized spacial score (nSPS) is 12.6. The molecule has 0 radical (unpaired) electrons. The van der Waals surface area contributed by atoms with Crippen LogP contribution in [0.3, 0.4) is 0 Å². The maximum atomic E-state index is 5.64. The SMILES string of the molecule is CCn1ccnc1C(NN)c1cncc(C)c1. The number of hydrazine groups is 1. The van der Waals surface area contributed by atoms with Gasteiger partial charge in [0, 0.05) is 31.3 Å². The van der Waals surface area contributed by atoms with Crippen LogP contribution in [0.1, 0.15) is 29.9 Å². The summed E-state index contributed by atoms with van der Waals surface area (Å²) in [6.45, 7) is 4.95. The first-order valence-electron chi connectivity index (χ1n) is 5.65. The van der Waals surface area contributed by atoms with Crippen molar-refractivity contribution in [3.05, 3.63) is 47.8 Å². The number of rotatable bonds is 4. The molecule has 0 aromatic carbocycles. The standard InChI is InChI=1S/C12H17N5/c1-3-17-5-4-15-12(17)11(16-13)10-6-9(2)7-14-8-10/h4-8,11,16H,3,13H2,1-2H3. The fraction of sp³-hybridized carbons (Fsp3) is 0.333. The Bertz CT molecular complexity index is 491. The van der Waals surface area contributed by atoms with Crippen molar-refractivity contribution in [1.82, 2.24) is 20.0 Å². The molecular weight excluding hydrogens is 214 g/mol. The van der Waals surface area contributed by atoms with E-state index in [1.165, 1.54) is 0 Å². The third-order valence-corrected chi connectivity index (χ3v) is 2.74. The van der Waals surface area contributed by atoms with Gasteiger partial charge in [0.15, 0.2) is 0 Å². The maximum absolute atomic E-state index is 5.64. The summed E-state index contributed by atoms with van der Waals surface area (Å²) in [5.74, 6) is 6.54. The summed E-state index contributed by atoms with van der Waals surface area (Å²) in [6.07, 6.45) is 7.37. The second kappa shape index (κ2) is 5.07. The summed E-state index contributed by atoms with van der Waals surface area (Å²) in [5, 5.41) is 0. The molecule has 5 nitrogen and oxygen atoms in total. The minimum Gasteiger partial charge on any atom is -0.334 e. The van der Waals surface area contributed by atoms with E-state index in [4.69, 9.17) is 5.84 Å². The lowest BCUT2D eigenvalue weighted by Gasteiger charge is -2.17. The third-order valence-electron chi connectivity index (χ3n) is 2.74. The first kappa shape index (κ1) is 11.8. The smallest absolute Gasteiger partial charge is 0.131 e. The topological polar surface area (TPSA) is 68.8 Å². The van der Waals surface area contributed by atoms with Crippen molar-refractivity contribution in [2.75, 3.05) is 0 Å². The molecule has 0 aliphatic rings. The van der Waals surface area contributed by atoms with E-state index in [0.717, 1.165) is 23.5 Å². The van der Waals surface area contributed by atoms with Crippen molar-refractivity contribution in [3.8, 4) is 0 Å². The average Bonchev–Trinajstić information content (AvgIpc) is 2.78. The molecule has 1 unspecified atom stereocenters. The second-order valence-corrected chi connectivity index (χ2v) is 3.97. The Hall–Kier alpha value is -1.72. The van der Waals surface area contributed by atoms with Gasteiger partial charge in [-0.25, -0.2) is 10.4 Å². The Kier molecular flexibility index (Phi) is 3.51. The van der Waals surface area contributed by atoms with Crippen LogP contribution in [0.2, 0.25) is 0 Å². The Balaban J connectivity index is 2.40. The molecule has 0 saturated carbocycles. The summed E-state index contributed by atoms with van der Waals surface area (Å²) in [5.41, 5.74) is 4.93. The van der Waals surface area contributed by atoms with E-state index in [0.29, 0.717) is 0 Å². The van der Waals surface area contributed by atoms with Gasteiger partial charge >= 0.3 is 0 Å². The second-order valence-electron chi connectivity index (χ2n) is 3.97. The number of hydrogen-bond acceptors (Lipinski definition) is 4. The first-order valence-corrected chi connectivity index (χ1v) is 5.65. The lowest BCUT2D eigenvalue weighted by Crippen LogP contribution is -2.31. The van der Waals surface area contributed by atoms with Crippen molar-refractivity contribution in [1.29, 1.82) is 0 Å². The number of imidazole rings is 1. The molecule has 5 heteroatoms. The molecule has 1 atom stereocenters. The molecule has 0 spiro atoms. The van der Waals surface area contributed by atoms with Gasteiger partial charge < -0.3 is 4.57 Å². The maximum Gasteiger partial charge on any atom is 0.131 e. The Labute approximate surface area is 101 Å². The Morgan fingerprint density at radius 3 is 2.94 bits per heavy atom. The van der Waals surface area contributed by atoms with Crippen LogP contribution in [-0.4, -0.2) is 14.5 Å². The van der Waals surface area contributed by atoms with E-state index < -0.39 is 0 Å². The lowest BCUT2D eigenvalue weighted by molar-refractivity contribution is 0.559. The van der Waals surface area contributed by atoms with Gasteiger partial charge in [0.1, 0.15) is 11.9 Å². The zero-order valence-electron chi connectivity index (χ0n) is 10.1. The summed E-state index contributed by atoms with van der Waals surface area (Å²) in [7, 11) is 0. The number of nitrogens with two attached hydrogens (primary N) is 1. The van der Waals surface area contributed by atoms with Gasteiger partial charge in [-0.1, -0.05) is 6.07 Å². The van der Waals surface area contributed by atoms with Gasteiger partial charge in [0.25, 0.3) is 0 Å². The number of nitrogens with zero attached hydrogens (tertiary/aromatic N) is 3. The molecule has 0 aliphatic heterocycles. The van der Waals surface area contributed by atoms with Crippen LogP contribution < -0.4 is 11.3 Å². The van der Waals surface area contributed by atoms with Crippen LogP contribution in [0.5, 0.6) is 0 Å². The first-order chi connectivity index (χ1) is 8.26.